The smallest absolute Gasteiger partial charge is 0.278 e. The number of nitrogens with one attached hydrogen (secondary N) is 1. The van der Waals surface area contributed by atoms with Crippen molar-refractivity contribution in [2.75, 3.05) is 12.3 Å². The second-order valence-corrected chi connectivity index (χ2v) is 5.59. The predicted octanol–water partition coefficient (Wildman–Crippen LogP) is 0.986. The van der Waals surface area contributed by atoms with Gasteiger partial charge in [-0.1, -0.05) is 29.8 Å². The van der Waals surface area contributed by atoms with Gasteiger partial charge in [0.2, 0.25) is 6.54 Å². The molecule has 0 aliphatic carbocycles. The number of nitrogen functional groups attached to an aromatic ring is 1. The Labute approximate surface area is 155 Å². The Morgan fingerprint density at radius 2 is 2.15 bits per heavy atom. The van der Waals surface area contributed by atoms with Crippen LogP contribution in [0.4, 0.5) is 5.82 Å². The lowest BCUT2D eigenvalue weighted by molar-refractivity contribution is -0.483. The average Bonchev–Trinajstić information content (AvgIpc) is 2.63. The van der Waals surface area contributed by atoms with E-state index in [0.717, 1.165) is 11.8 Å². The molecule has 0 spiro atoms. The van der Waals surface area contributed by atoms with Gasteiger partial charge < -0.3 is 16.8 Å². The minimum atomic E-state index is -0.728. The summed E-state index contributed by atoms with van der Waals surface area (Å²) in [6.45, 7) is 1.48. The number of aryl methyl sites for hydroxylation is 1. The first-order chi connectivity index (χ1) is 12.9. The molecular formula is C17H19N7O3. The van der Waals surface area contributed by atoms with Crippen molar-refractivity contribution in [3.05, 3.63) is 75.5 Å². The molecule has 1 heterocycles. The van der Waals surface area contributed by atoms with E-state index in [0.29, 0.717) is 5.56 Å². The van der Waals surface area contributed by atoms with Crippen LogP contribution in [0.15, 0.2) is 53.5 Å². The lowest BCUT2D eigenvalue weighted by Gasteiger charge is -2.10. The van der Waals surface area contributed by atoms with Gasteiger partial charge in [-0.25, -0.2) is 9.97 Å². The third-order valence-corrected chi connectivity index (χ3v) is 3.52. The van der Waals surface area contributed by atoms with Crippen LogP contribution in [0.3, 0.4) is 0 Å². The number of carbonyl (C=O) groups is 1. The molecule has 140 valence electrons. The van der Waals surface area contributed by atoms with Crippen LogP contribution in [0.1, 0.15) is 27.7 Å². The summed E-state index contributed by atoms with van der Waals surface area (Å²) in [4.78, 5) is 34.6. The Balaban J connectivity index is 2.18. The van der Waals surface area contributed by atoms with E-state index in [1.54, 1.807) is 12.1 Å². The molecule has 2 rings (SSSR count). The molecule has 2 aromatic rings. The highest BCUT2D eigenvalue weighted by Gasteiger charge is 2.17. The number of allylic oxidation sites excluding steroid dienone is 1. The number of benzene rings is 1. The molecule has 0 aliphatic rings. The fourth-order valence-corrected chi connectivity index (χ4v) is 2.26. The maximum atomic E-state index is 12.2. The number of hydrogen-bond acceptors (Lipinski definition) is 8. The molecule has 10 nitrogen and oxygen atoms in total. The van der Waals surface area contributed by atoms with Gasteiger partial charge in [0.05, 0.1) is 5.70 Å². The molecular weight excluding hydrogens is 350 g/mol. The zero-order valence-electron chi connectivity index (χ0n) is 14.6. The molecule has 0 fully saturated rings. The summed E-state index contributed by atoms with van der Waals surface area (Å²) in [7, 11) is 0. The van der Waals surface area contributed by atoms with Crippen molar-refractivity contribution in [3.63, 3.8) is 0 Å². The number of rotatable bonds is 7. The van der Waals surface area contributed by atoms with Gasteiger partial charge in [-0.05, 0) is 12.5 Å². The molecule has 0 bridgehead atoms. The molecule has 1 atom stereocenters. The van der Waals surface area contributed by atoms with Crippen LogP contribution in [0.5, 0.6) is 0 Å². The number of nitro groups is 1. The van der Waals surface area contributed by atoms with Gasteiger partial charge in [-0.2, -0.15) is 0 Å². The van der Waals surface area contributed by atoms with Gasteiger partial charge in [-0.15, -0.1) is 0 Å². The predicted molar refractivity (Wildman–Crippen MR) is 100 cm³/mol. The van der Waals surface area contributed by atoms with Gasteiger partial charge in [0.1, 0.15) is 6.04 Å². The second-order valence-electron chi connectivity index (χ2n) is 5.59. The number of carbonyl (C=O) groups excluding carboxylic acids is 1. The first kappa shape index (κ1) is 19.5. The molecule has 1 unspecified atom stereocenters. The Morgan fingerprint density at radius 3 is 2.78 bits per heavy atom. The lowest BCUT2D eigenvalue weighted by atomic mass is 10.1. The molecule has 1 aromatic carbocycles. The van der Waals surface area contributed by atoms with Crippen molar-refractivity contribution in [2.45, 2.75) is 13.0 Å². The zero-order chi connectivity index (χ0) is 19.8. The van der Waals surface area contributed by atoms with Crippen molar-refractivity contribution in [1.82, 2.24) is 15.3 Å². The van der Waals surface area contributed by atoms with Gasteiger partial charge in [-0.3, -0.25) is 19.9 Å². The van der Waals surface area contributed by atoms with Crippen molar-refractivity contribution in [3.8, 4) is 0 Å². The van der Waals surface area contributed by atoms with E-state index in [1.165, 1.54) is 18.6 Å². The number of aliphatic imine (C=N–C) groups is 1. The van der Waals surface area contributed by atoms with E-state index in [1.807, 2.05) is 19.1 Å². The molecule has 27 heavy (non-hydrogen) atoms. The summed E-state index contributed by atoms with van der Waals surface area (Å²) >= 11 is 0. The highest BCUT2D eigenvalue weighted by Crippen LogP contribution is 2.19. The summed E-state index contributed by atoms with van der Waals surface area (Å²) in [6, 6.07) is 6.52. The van der Waals surface area contributed by atoms with Crippen LogP contribution in [0.2, 0.25) is 0 Å². The highest BCUT2D eigenvalue weighted by molar-refractivity contribution is 6.00. The molecule has 5 N–H and O–H groups in total. The molecule has 10 heteroatoms. The van der Waals surface area contributed by atoms with Gasteiger partial charge >= 0.3 is 0 Å². The molecule has 1 amide bonds. The summed E-state index contributed by atoms with van der Waals surface area (Å²) in [5, 5.41) is 13.5. The second kappa shape index (κ2) is 9.04. The van der Waals surface area contributed by atoms with E-state index in [4.69, 9.17) is 11.5 Å². The maximum Gasteiger partial charge on any atom is 0.278 e. The normalized spacial score (nSPS) is 12.7. The van der Waals surface area contributed by atoms with Crippen LogP contribution >= 0.6 is 0 Å². The van der Waals surface area contributed by atoms with Gasteiger partial charge in [0, 0.05) is 29.7 Å². The molecule has 0 radical (unpaired) electrons. The fourth-order valence-electron chi connectivity index (χ4n) is 2.26. The quantitative estimate of drug-likeness (QED) is 0.372. The molecule has 0 saturated carbocycles. The van der Waals surface area contributed by atoms with E-state index < -0.39 is 23.4 Å². The summed E-state index contributed by atoms with van der Waals surface area (Å²) in [5.74, 6) is -0.653. The largest absolute Gasteiger partial charge is 0.403 e. The summed E-state index contributed by atoms with van der Waals surface area (Å²) in [6.07, 6.45) is 5.07. The number of amides is 1. The average molecular weight is 369 g/mol. The Hall–Kier alpha value is -3.82. The van der Waals surface area contributed by atoms with Crippen molar-refractivity contribution < 1.29 is 9.72 Å². The Morgan fingerprint density at radius 1 is 1.41 bits per heavy atom. The minimum Gasteiger partial charge on any atom is -0.403 e. The van der Waals surface area contributed by atoms with Crippen LogP contribution in [0.25, 0.3) is 0 Å². The first-order valence-electron chi connectivity index (χ1n) is 7.92. The van der Waals surface area contributed by atoms with Crippen LogP contribution in [0, 0.1) is 17.0 Å². The standard InChI is InChI=1S/C17H19N7O3/c1-11-3-2-4-12(7-11)14(10-24(26)27)22-9-13(8-18)23-17(25)15-16(19)21-6-5-20-15/h2-9,14H,10,18H2,1H3,(H2,19,21)(H,23,25)/b13-8+,22-9?. The Kier molecular flexibility index (Phi) is 6.53. The van der Waals surface area contributed by atoms with E-state index in [9.17, 15) is 14.9 Å². The number of hydrogen-bond donors (Lipinski definition) is 3. The SMILES string of the molecule is Cc1cccc(C(C[N+](=O)[O-])N=C/C(=C\N)NC(=O)c2nccnc2N)c1. The van der Waals surface area contributed by atoms with Crippen molar-refractivity contribution in [1.29, 1.82) is 0 Å². The number of anilines is 1. The summed E-state index contributed by atoms with van der Waals surface area (Å²) in [5.41, 5.74) is 12.9. The third-order valence-electron chi connectivity index (χ3n) is 3.52. The van der Waals surface area contributed by atoms with Crippen molar-refractivity contribution in [2.24, 2.45) is 10.7 Å². The van der Waals surface area contributed by atoms with E-state index in [-0.39, 0.29) is 17.2 Å². The van der Waals surface area contributed by atoms with Gasteiger partial charge in [0.25, 0.3) is 5.91 Å². The maximum absolute atomic E-state index is 12.2. The zero-order valence-corrected chi connectivity index (χ0v) is 14.6. The number of nitrogens with zero attached hydrogens (tertiary/aromatic N) is 4. The van der Waals surface area contributed by atoms with Crippen LogP contribution in [-0.2, 0) is 0 Å². The third kappa shape index (κ3) is 5.59. The number of aromatic nitrogens is 2. The topological polar surface area (TPSA) is 162 Å². The van der Waals surface area contributed by atoms with Crippen LogP contribution in [-0.4, -0.2) is 33.6 Å². The first-order valence-corrected chi connectivity index (χ1v) is 7.92. The van der Waals surface area contributed by atoms with E-state index >= 15 is 0 Å². The van der Waals surface area contributed by atoms with E-state index in [2.05, 4.69) is 20.3 Å². The lowest BCUT2D eigenvalue weighted by Crippen LogP contribution is -2.26. The van der Waals surface area contributed by atoms with Crippen LogP contribution < -0.4 is 16.8 Å². The monoisotopic (exact) mass is 369 g/mol. The molecule has 0 saturated heterocycles. The number of nitrogens with two attached hydrogens (primary N) is 2. The Bertz CT molecular complexity index is 896. The molecule has 1 aromatic heterocycles. The summed E-state index contributed by atoms with van der Waals surface area (Å²) < 4.78 is 0. The van der Waals surface area contributed by atoms with Gasteiger partial charge in [0.15, 0.2) is 11.5 Å². The minimum absolute atomic E-state index is 0.0331. The molecule has 0 aliphatic heterocycles. The van der Waals surface area contributed by atoms with Crippen molar-refractivity contribution >= 4 is 17.9 Å². The fraction of sp³-hybridized carbons (Fsp3) is 0.176. The highest BCUT2D eigenvalue weighted by atomic mass is 16.6.